The van der Waals surface area contributed by atoms with Crippen molar-refractivity contribution in [1.82, 2.24) is 15.0 Å². The first-order valence-electron chi connectivity index (χ1n) is 7.70. The van der Waals surface area contributed by atoms with Gasteiger partial charge in [-0.1, -0.05) is 16.3 Å². The molecule has 0 amide bonds. The van der Waals surface area contributed by atoms with Crippen LogP contribution in [0.5, 0.6) is 0 Å². The number of hydrogen-bond acceptors (Lipinski definition) is 5. The summed E-state index contributed by atoms with van der Waals surface area (Å²) in [5.41, 5.74) is 21.5. The van der Waals surface area contributed by atoms with E-state index in [1.165, 1.54) is 0 Å². The lowest BCUT2D eigenvalue weighted by Gasteiger charge is -2.13. The van der Waals surface area contributed by atoms with Gasteiger partial charge in [0.1, 0.15) is 0 Å². The van der Waals surface area contributed by atoms with Crippen LogP contribution in [0.3, 0.4) is 0 Å². The summed E-state index contributed by atoms with van der Waals surface area (Å²) in [6.45, 7) is 0.211. The molecule has 0 fully saturated rings. The largest absolute Gasteiger partial charge is 0.256 e. The van der Waals surface area contributed by atoms with Crippen molar-refractivity contribution in [2.75, 3.05) is 0 Å². The Hall–Kier alpha value is -3.93. The summed E-state index contributed by atoms with van der Waals surface area (Å²) in [5.74, 6) is 0. The van der Waals surface area contributed by atoms with Crippen LogP contribution in [0, 0.1) is 0 Å². The third-order valence-electron chi connectivity index (χ3n) is 3.72. The van der Waals surface area contributed by atoms with Crippen molar-refractivity contribution in [3.05, 3.63) is 87.0 Å². The van der Waals surface area contributed by atoms with E-state index < -0.39 is 0 Å². The highest BCUT2D eigenvalue weighted by Gasteiger charge is 2.16. The van der Waals surface area contributed by atoms with E-state index in [0.717, 1.165) is 16.8 Å². The van der Waals surface area contributed by atoms with Gasteiger partial charge in [0.05, 0.1) is 30.2 Å². The van der Waals surface area contributed by atoms with E-state index in [9.17, 15) is 0 Å². The van der Waals surface area contributed by atoms with Crippen LogP contribution in [0.2, 0.25) is 0 Å². The Morgan fingerprint density at radius 3 is 2.31 bits per heavy atom. The Labute approximate surface area is 148 Å². The predicted octanol–water partition coefficient (Wildman–Crippen LogP) is 4.83. The zero-order valence-corrected chi connectivity index (χ0v) is 13.6. The lowest BCUT2D eigenvalue weighted by atomic mass is 10.00. The topological polar surface area (TPSA) is 136 Å². The highest BCUT2D eigenvalue weighted by Crippen LogP contribution is 2.31. The number of pyridine rings is 3. The average Bonchev–Trinajstić information content (AvgIpc) is 2.71. The molecule has 0 aliphatic heterocycles. The van der Waals surface area contributed by atoms with Crippen LogP contribution in [0.4, 0.5) is 0 Å². The van der Waals surface area contributed by atoms with Crippen molar-refractivity contribution in [3.8, 4) is 22.6 Å². The van der Waals surface area contributed by atoms with E-state index in [0.29, 0.717) is 17.0 Å². The lowest BCUT2D eigenvalue weighted by Crippen LogP contribution is -2.01. The van der Waals surface area contributed by atoms with Gasteiger partial charge in [0.25, 0.3) is 0 Å². The molecule has 3 aromatic heterocycles. The van der Waals surface area contributed by atoms with Crippen LogP contribution in [0.1, 0.15) is 11.1 Å². The predicted molar refractivity (Wildman–Crippen MR) is 96.4 cm³/mol. The first kappa shape index (κ1) is 16.9. The summed E-state index contributed by atoms with van der Waals surface area (Å²) < 4.78 is 0. The number of azide groups is 2. The molecule has 9 nitrogen and oxygen atoms in total. The molecule has 0 aliphatic rings. The first-order chi connectivity index (χ1) is 12.8. The number of rotatable bonds is 6. The molecular weight excluding hydrogens is 330 g/mol. The summed E-state index contributed by atoms with van der Waals surface area (Å²) >= 11 is 0. The van der Waals surface area contributed by atoms with Crippen LogP contribution < -0.4 is 0 Å². The molecule has 0 atom stereocenters. The quantitative estimate of drug-likeness (QED) is 0.360. The minimum Gasteiger partial charge on any atom is -0.256 e. The van der Waals surface area contributed by atoms with Crippen molar-refractivity contribution in [2.24, 2.45) is 10.2 Å². The van der Waals surface area contributed by atoms with Gasteiger partial charge in [-0.25, -0.2) is 0 Å². The molecule has 3 rings (SSSR count). The third kappa shape index (κ3) is 3.59. The van der Waals surface area contributed by atoms with Crippen molar-refractivity contribution in [2.45, 2.75) is 13.1 Å². The Bertz CT molecular complexity index is 1000. The van der Waals surface area contributed by atoms with Crippen molar-refractivity contribution in [1.29, 1.82) is 0 Å². The SMILES string of the molecule is [N-]=[N+]=NCc1ccnc(-c2ncccc2-c2ccccn2)c1CN=[N+]=[N-]. The van der Waals surface area contributed by atoms with Crippen molar-refractivity contribution in [3.63, 3.8) is 0 Å². The van der Waals surface area contributed by atoms with Gasteiger partial charge in [-0.05, 0) is 52.5 Å². The fourth-order valence-corrected chi connectivity index (χ4v) is 2.59. The van der Waals surface area contributed by atoms with Gasteiger partial charge in [0.15, 0.2) is 0 Å². The smallest absolute Gasteiger partial charge is 0.0982 e. The molecular formula is C17H13N9. The van der Waals surface area contributed by atoms with Gasteiger partial charge in [-0.3, -0.25) is 15.0 Å². The Balaban J connectivity index is 2.21. The van der Waals surface area contributed by atoms with Crippen molar-refractivity contribution < 1.29 is 0 Å². The Morgan fingerprint density at radius 1 is 0.769 bits per heavy atom. The normalized spacial score (nSPS) is 9.85. The minimum absolute atomic E-state index is 0.0776. The summed E-state index contributed by atoms with van der Waals surface area (Å²) in [5, 5.41) is 7.27. The van der Waals surface area contributed by atoms with E-state index in [2.05, 4.69) is 35.0 Å². The summed E-state index contributed by atoms with van der Waals surface area (Å²) in [6.07, 6.45) is 4.99. The first-order valence-corrected chi connectivity index (χ1v) is 7.70. The highest BCUT2D eigenvalue weighted by atomic mass is 15.1. The average molecular weight is 343 g/mol. The second kappa shape index (κ2) is 8.25. The van der Waals surface area contributed by atoms with E-state index in [1.807, 2.05) is 30.3 Å². The Morgan fingerprint density at radius 2 is 1.54 bits per heavy atom. The molecule has 0 aromatic carbocycles. The minimum atomic E-state index is 0.0776. The lowest BCUT2D eigenvalue weighted by molar-refractivity contribution is 0.948. The molecule has 0 bridgehead atoms. The maximum absolute atomic E-state index is 8.72. The van der Waals surface area contributed by atoms with E-state index in [4.69, 9.17) is 11.1 Å². The van der Waals surface area contributed by atoms with E-state index in [-0.39, 0.29) is 13.1 Å². The number of hydrogen-bond donors (Lipinski definition) is 0. The standard InChI is InChI=1S/C17H13N9/c18-25-23-10-12-6-9-22-17(14(12)11-24-26-19)16-13(4-3-8-21-16)15-5-1-2-7-20-15/h1-9H,10-11H2. The molecule has 3 heterocycles. The van der Waals surface area contributed by atoms with Gasteiger partial charge < -0.3 is 0 Å². The van der Waals surface area contributed by atoms with E-state index in [1.54, 1.807) is 24.7 Å². The van der Waals surface area contributed by atoms with Crippen LogP contribution in [-0.2, 0) is 13.1 Å². The number of aromatic nitrogens is 3. The molecule has 0 N–H and O–H groups in total. The van der Waals surface area contributed by atoms with Crippen LogP contribution in [-0.4, -0.2) is 15.0 Å². The van der Waals surface area contributed by atoms with Crippen LogP contribution in [0.25, 0.3) is 43.5 Å². The van der Waals surface area contributed by atoms with Gasteiger partial charge in [-0.15, -0.1) is 0 Å². The molecule has 0 saturated heterocycles. The molecule has 0 unspecified atom stereocenters. The van der Waals surface area contributed by atoms with Crippen LogP contribution in [0.15, 0.2) is 65.2 Å². The molecule has 0 radical (unpaired) electrons. The monoisotopic (exact) mass is 343 g/mol. The van der Waals surface area contributed by atoms with E-state index >= 15 is 0 Å². The van der Waals surface area contributed by atoms with Gasteiger partial charge in [0, 0.05) is 34.0 Å². The zero-order chi connectivity index (χ0) is 18.2. The number of nitrogens with zero attached hydrogens (tertiary/aromatic N) is 9. The zero-order valence-electron chi connectivity index (χ0n) is 13.6. The third-order valence-corrected chi connectivity index (χ3v) is 3.72. The van der Waals surface area contributed by atoms with Gasteiger partial charge in [0.2, 0.25) is 0 Å². The molecule has 0 spiro atoms. The highest BCUT2D eigenvalue weighted by molar-refractivity contribution is 5.78. The molecule has 0 aliphatic carbocycles. The molecule has 26 heavy (non-hydrogen) atoms. The Kier molecular flexibility index (Phi) is 5.37. The second-order valence-corrected chi connectivity index (χ2v) is 5.19. The summed E-state index contributed by atoms with van der Waals surface area (Å²) in [4.78, 5) is 18.9. The van der Waals surface area contributed by atoms with Gasteiger partial charge >= 0.3 is 0 Å². The molecule has 0 saturated carbocycles. The molecule has 3 aromatic rings. The molecule has 126 valence electrons. The van der Waals surface area contributed by atoms with Crippen molar-refractivity contribution >= 4 is 0 Å². The fraction of sp³-hybridized carbons (Fsp3) is 0.118. The van der Waals surface area contributed by atoms with Crippen LogP contribution >= 0.6 is 0 Å². The fourth-order valence-electron chi connectivity index (χ4n) is 2.59. The second-order valence-electron chi connectivity index (χ2n) is 5.19. The summed E-state index contributed by atoms with van der Waals surface area (Å²) in [6, 6.07) is 11.1. The maximum atomic E-state index is 8.72. The van der Waals surface area contributed by atoms with Gasteiger partial charge in [-0.2, -0.15) is 0 Å². The maximum Gasteiger partial charge on any atom is 0.0982 e. The summed E-state index contributed by atoms with van der Waals surface area (Å²) in [7, 11) is 0. The molecule has 9 heteroatoms.